The predicted molar refractivity (Wildman–Crippen MR) is 214 cm³/mol. The third-order valence-electron chi connectivity index (χ3n) is 9.64. The van der Waals surface area contributed by atoms with Gasteiger partial charge < -0.3 is 36.8 Å². The maximum absolute atomic E-state index is 14.3. The Morgan fingerprint density at radius 3 is 2.42 bits per heavy atom. The quantitative estimate of drug-likeness (QED) is 0.110. The van der Waals surface area contributed by atoms with Crippen LogP contribution in [0.3, 0.4) is 0 Å². The largest absolute Gasteiger partial charge is 0.489 e. The minimum Gasteiger partial charge on any atom is -0.489 e. The second-order valence-corrected chi connectivity index (χ2v) is 16.1. The normalized spacial score (nSPS) is 17.1. The van der Waals surface area contributed by atoms with Crippen LogP contribution in [0.25, 0.3) is 10.4 Å². The van der Waals surface area contributed by atoms with E-state index in [4.69, 9.17) is 16.2 Å². The molecule has 3 aromatic rings. The lowest BCUT2D eigenvalue weighted by Gasteiger charge is -2.35. The maximum atomic E-state index is 14.3. The van der Waals surface area contributed by atoms with Gasteiger partial charge in [0.05, 0.1) is 28.2 Å². The number of primary amides is 1. The van der Waals surface area contributed by atoms with Crippen molar-refractivity contribution in [2.24, 2.45) is 16.9 Å². The van der Waals surface area contributed by atoms with Crippen LogP contribution in [0.4, 0.5) is 4.39 Å². The van der Waals surface area contributed by atoms with E-state index in [1.54, 1.807) is 23.5 Å². The summed E-state index contributed by atoms with van der Waals surface area (Å²) < 4.78 is 19.9. The Bertz CT molecular complexity index is 1750. The molecule has 55 heavy (non-hydrogen) atoms. The summed E-state index contributed by atoms with van der Waals surface area (Å²) >= 11 is 1.57. The zero-order valence-corrected chi connectivity index (χ0v) is 33.9. The third-order valence-corrected chi connectivity index (χ3v) is 10.6. The molecule has 0 bridgehead atoms. The Kier molecular flexibility index (Phi) is 17.0. The van der Waals surface area contributed by atoms with E-state index in [1.165, 1.54) is 11.0 Å². The van der Waals surface area contributed by atoms with Crippen molar-refractivity contribution in [2.75, 3.05) is 13.2 Å². The number of nitrogens with zero attached hydrogens (tertiary/aromatic N) is 2. The topological polar surface area (TPSA) is 190 Å². The minimum atomic E-state index is -0.910. The van der Waals surface area contributed by atoms with Gasteiger partial charge in [-0.2, -0.15) is 0 Å². The summed E-state index contributed by atoms with van der Waals surface area (Å²) in [6.07, 6.45) is 2.60. The van der Waals surface area contributed by atoms with Crippen molar-refractivity contribution in [3.05, 3.63) is 70.6 Å². The first kappa shape index (κ1) is 45.3. The molecule has 0 radical (unpaired) electrons. The van der Waals surface area contributed by atoms with Crippen LogP contribution in [-0.4, -0.2) is 76.0 Å². The number of aliphatic hydroxyl groups excluding tert-OH is 1. The van der Waals surface area contributed by atoms with E-state index >= 15 is 0 Å². The van der Waals surface area contributed by atoms with E-state index in [2.05, 4.69) is 15.6 Å². The molecule has 7 N–H and O–H groups in total. The molecule has 2 heterocycles. The van der Waals surface area contributed by atoms with Crippen LogP contribution in [0, 0.1) is 18.2 Å². The van der Waals surface area contributed by atoms with E-state index in [1.807, 2.05) is 64.4 Å². The number of thiazole rings is 1. The van der Waals surface area contributed by atoms with Gasteiger partial charge in [0.1, 0.15) is 18.7 Å². The predicted octanol–water partition coefficient (Wildman–Crippen LogP) is 5.12. The summed E-state index contributed by atoms with van der Waals surface area (Å²) in [6.45, 7) is 9.45. The average molecular weight is 803 g/mol. The fraction of sp³-hybridized carbons (Fsp3) is 0.525. The molecule has 1 aromatic heterocycles. The fourth-order valence-corrected chi connectivity index (χ4v) is 7.27. The van der Waals surface area contributed by atoms with Crippen LogP contribution in [0.15, 0.2) is 48.0 Å². The zero-order valence-electron chi connectivity index (χ0n) is 32.3. The van der Waals surface area contributed by atoms with Crippen LogP contribution in [0.1, 0.15) is 95.5 Å². The molecule has 4 amide bonds. The van der Waals surface area contributed by atoms with Gasteiger partial charge in [-0.1, -0.05) is 57.5 Å². The van der Waals surface area contributed by atoms with Crippen molar-refractivity contribution in [3.8, 4) is 16.2 Å². The molecule has 15 heteroatoms. The number of aliphatic hydroxyl groups is 1. The number of halogens is 2. The summed E-state index contributed by atoms with van der Waals surface area (Å²) in [5, 5.41) is 16.5. The molecule has 0 unspecified atom stereocenters. The second kappa shape index (κ2) is 20.7. The molecule has 0 aliphatic carbocycles. The highest BCUT2D eigenvalue weighted by Crippen LogP contribution is 2.30. The fourth-order valence-electron chi connectivity index (χ4n) is 6.46. The van der Waals surface area contributed by atoms with Crippen LogP contribution < -0.4 is 26.8 Å². The Balaban J connectivity index is 0.00000812. The number of ether oxygens (including phenoxy) is 1. The smallest absolute Gasteiger partial charge is 0.246 e. The molecule has 0 spiro atoms. The molecule has 12 nitrogen and oxygen atoms in total. The Hall–Kier alpha value is -4.11. The number of β-amino-alcohol motifs (C(OH)–C–C–N with tert-alkyl or cyclic N) is 1. The zero-order chi connectivity index (χ0) is 39.6. The van der Waals surface area contributed by atoms with E-state index in [-0.39, 0.29) is 68.4 Å². The standard InChI is InChI=1S/C40H55FN6O6S.ClH/c1-24(27-12-14-28(15-13-27)36-25(2)44-23-54-36)45-38(51)32-20-30(48)21-47(32)39(52)37(40(3,4)5)46-35(50)10-8-6-7-9-26-11-17-31(41)33(19-26)53-22-29(42)16-18-34(43)49;/h11-15,17,19,23-24,29-30,32,37,48H,6-10,16,18,20-22,42H2,1-5H3,(H2,43,49)(H,45,51)(H,46,50);1H/t24-,29-,30+,32-,37+;/m0./s1. The first-order valence-electron chi connectivity index (χ1n) is 18.6. The van der Waals surface area contributed by atoms with Gasteiger partial charge in [-0.15, -0.1) is 23.7 Å². The summed E-state index contributed by atoms with van der Waals surface area (Å²) in [6, 6.07) is 9.99. The van der Waals surface area contributed by atoms with Crippen molar-refractivity contribution < 1.29 is 33.4 Å². The second-order valence-electron chi connectivity index (χ2n) is 15.3. The number of aromatic nitrogens is 1. The van der Waals surface area contributed by atoms with Gasteiger partial charge in [-0.05, 0) is 73.8 Å². The highest BCUT2D eigenvalue weighted by Gasteiger charge is 2.44. The number of benzene rings is 2. The Morgan fingerprint density at radius 2 is 1.78 bits per heavy atom. The van der Waals surface area contributed by atoms with E-state index in [9.17, 15) is 28.7 Å². The van der Waals surface area contributed by atoms with Gasteiger partial charge in [0.15, 0.2) is 11.6 Å². The summed E-state index contributed by atoms with van der Waals surface area (Å²) in [5.74, 6) is -1.92. The van der Waals surface area contributed by atoms with Crippen LogP contribution in [-0.2, 0) is 25.6 Å². The number of unbranched alkanes of at least 4 members (excludes halogenated alkanes) is 2. The van der Waals surface area contributed by atoms with Crippen molar-refractivity contribution in [1.29, 1.82) is 0 Å². The molecule has 2 aromatic carbocycles. The molecule has 0 saturated carbocycles. The Labute approximate surface area is 333 Å². The van der Waals surface area contributed by atoms with Gasteiger partial charge in [0.25, 0.3) is 0 Å². The van der Waals surface area contributed by atoms with Crippen molar-refractivity contribution in [2.45, 2.75) is 116 Å². The van der Waals surface area contributed by atoms with E-state index in [0.29, 0.717) is 19.3 Å². The molecular formula is C40H56ClFN6O6S. The molecule has 302 valence electrons. The lowest BCUT2D eigenvalue weighted by Crippen LogP contribution is -2.57. The highest BCUT2D eigenvalue weighted by molar-refractivity contribution is 7.13. The van der Waals surface area contributed by atoms with Crippen molar-refractivity contribution in [1.82, 2.24) is 20.5 Å². The number of amides is 4. The average Bonchev–Trinajstić information content (AvgIpc) is 3.74. The first-order valence-corrected chi connectivity index (χ1v) is 19.4. The number of hydrogen-bond acceptors (Lipinski definition) is 9. The van der Waals surface area contributed by atoms with Gasteiger partial charge in [-0.3, -0.25) is 19.2 Å². The number of carbonyl (C=O) groups excluding carboxylic acids is 4. The highest BCUT2D eigenvalue weighted by atomic mass is 35.5. The van der Waals surface area contributed by atoms with Crippen molar-refractivity contribution in [3.63, 3.8) is 0 Å². The first-order chi connectivity index (χ1) is 25.5. The van der Waals surface area contributed by atoms with Crippen LogP contribution >= 0.6 is 23.7 Å². The van der Waals surface area contributed by atoms with Crippen LogP contribution in [0.5, 0.6) is 5.75 Å². The maximum Gasteiger partial charge on any atom is 0.246 e. The SMILES string of the molecule is Cc1ncsc1-c1ccc([C@H](C)NC(=O)[C@@H]2C[C@@H](O)CN2C(=O)[C@@H](NC(=O)CCCCCc2ccc(F)c(OC[C@@H](N)CCC(N)=O)c2)C(C)(C)C)cc1.Cl. The molecule has 5 atom stereocenters. The van der Waals surface area contributed by atoms with E-state index in [0.717, 1.165) is 40.1 Å². The molecule has 1 aliphatic heterocycles. The minimum absolute atomic E-state index is 0. The monoisotopic (exact) mass is 802 g/mol. The van der Waals surface area contributed by atoms with E-state index < -0.39 is 47.3 Å². The van der Waals surface area contributed by atoms with Gasteiger partial charge >= 0.3 is 0 Å². The molecule has 1 saturated heterocycles. The summed E-state index contributed by atoms with van der Waals surface area (Å²) in [5.41, 5.74) is 16.0. The number of rotatable bonds is 18. The molecule has 1 aliphatic rings. The lowest BCUT2D eigenvalue weighted by atomic mass is 9.85. The Morgan fingerprint density at radius 1 is 1.07 bits per heavy atom. The summed E-state index contributed by atoms with van der Waals surface area (Å²) in [4.78, 5) is 58.5. The third kappa shape index (κ3) is 13.3. The summed E-state index contributed by atoms with van der Waals surface area (Å²) in [7, 11) is 0. The number of aryl methyl sites for hydroxylation is 2. The van der Waals surface area contributed by atoms with Gasteiger partial charge in [0, 0.05) is 31.8 Å². The number of nitrogens with one attached hydrogen (secondary N) is 2. The molecular weight excluding hydrogens is 747 g/mol. The van der Waals surface area contributed by atoms with Gasteiger partial charge in [-0.25, -0.2) is 9.37 Å². The number of carbonyl (C=O) groups is 4. The van der Waals surface area contributed by atoms with Crippen molar-refractivity contribution >= 4 is 47.4 Å². The number of likely N-dealkylation sites (tertiary alicyclic amines) is 1. The molecule has 1 fully saturated rings. The van der Waals surface area contributed by atoms with Gasteiger partial charge in [0.2, 0.25) is 23.6 Å². The van der Waals surface area contributed by atoms with Crippen LogP contribution in [0.2, 0.25) is 0 Å². The number of nitrogens with two attached hydrogens (primary N) is 2. The molecule has 4 rings (SSSR count). The number of hydrogen-bond donors (Lipinski definition) is 5. The lowest BCUT2D eigenvalue weighted by molar-refractivity contribution is -0.144.